The number of methoxy groups -OCH3 is 1. The van der Waals surface area contributed by atoms with Crippen LogP contribution in [0.4, 0.5) is 0 Å². The molecule has 2 N–H and O–H groups in total. The van der Waals surface area contributed by atoms with Gasteiger partial charge in [-0.1, -0.05) is 5.92 Å². The van der Waals surface area contributed by atoms with Gasteiger partial charge in [-0.15, -0.1) is 30.4 Å². The van der Waals surface area contributed by atoms with Crippen molar-refractivity contribution in [1.82, 2.24) is 25.4 Å². The number of nitrogens with zero attached hydrogens (tertiary/aromatic N) is 4. The molecule has 8 heteroatoms. The summed E-state index contributed by atoms with van der Waals surface area (Å²) in [6, 6.07) is 0.267. The molecule has 0 spiro atoms. The van der Waals surface area contributed by atoms with Gasteiger partial charge in [-0.05, 0) is 6.42 Å². The van der Waals surface area contributed by atoms with Gasteiger partial charge in [0.15, 0.2) is 11.8 Å². The van der Waals surface area contributed by atoms with Gasteiger partial charge in [0.05, 0.1) is 13.1 Å². The van der Waals surface area contributed by atoms with E-state index in [2.05, 4.69) is 31.6 Å². The summed E-state index contributed by atoms with van der Waals surface area (Å²) in [5.41, 5.74) is 0. The standard InChI is InChI=1S/C13H20N6O.HI/c1-4-7-15-13(14-2)16-10-5-6-12-17-11(9-20-3)18-19(12)8-10;/h1,10H,5-9H2,2-3H3,(H2,14,15,16);1H. The molecule has 0 saturated heterocycles. The molecule has 0 saturated carbocycles. The topological polar surface area (TPSA) is 76.4 Å². The van der Waals surface area contributed by atoms with Crippen molar-refractivity contribution in [3.05, 3.63) is 11.6 Å². The third-order valence-electron chi connectivity index (χ3n) is 3.10. The number of aryl methyl sites for hydroxylation is 1. The lowest BCUT2D eigenvalue weighted by atomic mass is 10.1. The third kappa shape index (κ3) is 4.86. The van der Waals surface area contributed by atoms with Gasteiger partial charge in [-0.25, -0.2) is 9.67 Å². The van der Waals surface area contributed by atoms with Crippen LogP contribution in [0.1, 0.15) is 18.1 Å². The Labute approximate surface area is 142 Å². The molecular formula is C13H21IN6O. The molecule has 0 amide bonds. The second-order valence-corrected chi connectivity index (χ2v) is 4.57. The predicted octanol–water partition coefficient (Wildman–Crippen LogP) is 0.155. The van der Waals surface area contributed by atoms with Crippen LogP contribution in [0, 0.1) is 12.3 Å². The van der Waals surface area contributed by atoms with Crippen molar-refractivity contribution in [2.45, 2.75) is 32.0 Å². The van der Waals surface area contributed by atoms with Gasteiger partial charge in [0, 0.05) is 26.6 Å². The Bertz CT molecular complexity index is 521. The number of halogens is 1. The molecule has 21 heavy (non-hydrogen) atoms. The van der Waals surface area contributed by atoms with E-state index in [0.717, 1.165) is 31.0 Å². The molecule has 116 valence electrons. The SMILES string of the molecule is C#CCNC(=NC)NC1CCc2nc(COC)nn2C1.I. The van der Waals surface area contributed by atoms with E-state index in [4.69, 9.17) is 11.2 Å². The fourth-order valence-electron chi connectivity index (χ4n) is 2.19. The summed E-state index contributed by atoms with van der Waals surface area (Å²) in [4.78, 5) is 8.59. The first-order valence-electron chi connectivity index (χ1n) is 6.59. The van der Waals surface area contributed by atoms with Gasteiger partial charge in [-0.3, -0.25) is 4.99 Å². The Kier molecular flexibility index (Phi) is 7.45. The van der Waals surface area contributed by atoms with Crippen molar-refractivity contribution in [1.29, 1.82) is 0 Å². The molecule has 0 radical (unpaired) electrons. The number of nitrogens with one attached hydrogen (secondary N) is 2. The smallest absolute Gasteiger partial charge is 0.192 e. The lowest BCUT2D eigenvalue weighted by Crippen LogP contribution is -2.47. The summed E-state index contributed by atoms with van der Waals surface area (Å²) >= 11 is 0. The molecule has 0 aromatic carbocycles. The minimum atomic E-state index is 0. The Morgan fingerprint density at radius 3 is 3.10 bits per heavy atom. The number of fused-ring (bicyclic) bond motifs is 1. The number of ether oxygens (including phenoxy) is 1. The summed E-state index contributed by atoms with van der Waals surface area (Å²) in [6.45, 7) is 1.67. The molecule has 1 unspecified atom stereocenters. The van der Waals surface area contributed by atoms with E-state index in [1.807, 2.05) is 4.68 Å². The van der Waals surface area contributed by atoms with Crippen LogP contribution in [0.5, 0.6) is 0 Å². The van der Waals surface area contributed by atoms with E-state index in [1.165, 1.54) is 0 Å². The molecule has 2 rings (SSSR count). The van der Waals surface area contributed by atoms with Crippen LogP contribution >= 0.6 is 24.0 Å². The van der Waals surface area contributed by atoms with Gasteiger partial charge in [0.1, 0.15) is 12.4 Å². The van der Waals surface area contributed by atoms with Crippen molar-refractivity contribution in [3.63, 3.8) is 0 Å². The Hall–Kier alpha value is -1.34. The minimum absolute atomic E-state index is 0. The Balaban J connectivity index is 0.00000220. The van der Waals surface area contributed by atoms with Crippen molar-refractivity contribution >= 4 is 29.9 Å². The highest BCUT2D eigenvalue weighted by molar-refractivity contribution is 14.0. The highest BCUT2D eigenvalue weighted by Gasteiger charge is 2.22. The largest absolute Gasteiger partial charge is 0.377 e. The highest BCUT2D eigenvalue weighted by atomic mass is 127. The zero-order valence-electron chi connectivity index (χ0n) is 12.3. The molecule has 7 nitrogen and oxygen atoms in total. The number of terminal acetylenes is 1. The molecule has 0 aliphatic carbocycles. The number of aromatic nitrogens is 3. The van der Waals surface area contributed by atoms with Crippen molar-refractivity contribution in [3.8, 4) is 12.3 Å². The van der Waals surface area contributed by atoms with E-state index >= 15 is 0 Å². The second-order valence-electron chi connectivity index (χ2n) is 4.57. The van der Waals surface area contributed by atoms with Crippen LogP contribution in [0.15, 0.2) is 4.99 Å². The number of aliphatic imine (C=N–C) groups is 1. The zero-order valence-corrected chi connectivity index (χ0v) is 14.6. The molecule has 1 aromatic heterocycles. The summed E-state index contributed by atoms with van der Waals surface area (Å²) in [5, 5.41) is 10.8. The van der Waals surface area contributed by atoms with Gasteiger partial charge < -0.3 is 15.4 Å². The molecule has 1 aliphatic heterocycles. The van der Waals surface area contributed by atoms with E-state index in [-0.39, 0.29) is 30.0 Å². The molecule has 1 atom stereocenters. The van der Waals surface area contributed by atoms with Crippen LogP contribution in [-0.4, -0.2) is 47.5 Å². The fourth-order valence-corrected chi connectivity index (χ4v) is 2.19. The molecule has 1 aromatic rings. The van der Waals surface area contributed by atoms with Crippen LogP contribution in [0.3, 0.4) is 0 Å². The van der Waals surface area contributed by atoms with E-state index < -0.39 is 0 Å². The van der Waals surface area contributed by atoms with E-state index in [0.29, 0.717) is 19.1 Å². The first-order chi connectivity index (χ1) is 9.76. The van der Waals surface area contributed by atoms with Gasteiger partial charge >= 0.3 is 0 Å². The van der Waals surface area contributed by atoms with Gasteiger partial charge in [0.2, 0.25) is 0 Å². The number of hydrogen-bond acceptors (Lipinski definition) is 4. The summed E-state index contributed by atoms with van der Waals surface area (Å²) < 4.78 is 6.99. The van der Waals surface area contributed by atoms with Crippen molar-refractivity contribution in [2.75, 3.05) is 20.7 Å². The van der Waals surface area contributed by atoms with Gasteiger partial charge in [-0.2, -0.15) is 5.10 Å². The molecule has 0 fully saturated rings. The predicted molar refractivity (Wildman–Crippen MR) is 91.6 cm³/mol. The first kappa shape index (κ1) is 17.7. The van der Waals surface area contributed by atoms with Crippen molar-refractivity contribution in [2.24, 2.45) is 4.99 Å². The Morgan fingerprint density at radius 1 is 1.62 bits per heavy atom. The third-order valence-corrected chi connectivity index (χ3v) is 3.10. The molecular weight excluding hydrogens is 383 g/mol. The van der Waals surface area contributed by atoms with Crippen LogP contribution < -0.4 is 10.6 Å². The van der Waals surface area contributed by atoms with Crippen LogP contribution in [-0.2, 0) is 24.3 Å². The average Bonchev–Trinajstić information content (AvgIpc) is 2.85. The zero-order chi connectivity index (χ0) is 14.4. The Morgan fingerprint density at radius 2 is 2.43 bits per heavy atom. The first-order valence-corrected chi connectivity index (χ1v) is 6.59. The van der Waals surface area contributed by atoms with Crippen LogP contribution in [0.25, 0.3) is 0 Å². The number of hydrogen-bond donors (Lipinski definition) is 2. The summed E-state index contributed by atoms with van der Waals surface area (Å²) in [6.07, 6.45) is 7.11. The minimum Gasteiger partial charge on any atom is -0.377 e. The lowest BCUT2D eigenvalue weighted by Gasteiger charge is -2.25. The quantitative estimate of drug-likeness (QED) is 0.324. The lowest BCUT2D eigenvalue weighted by molar-refractivity contribution is 0.177. The normalized spacial score (nSPS) is 17.4. The summed E-state index contributed by atoms with van der Waals surface area (Å²) in [5.74, 6) is 5.00. The maximum atomic E-state index is 5.23. The van der Waals surface area contributed by atoms with Crippen LogP contribution in [0.2, 0.25) is 0 Å². The highest BCUT2D eigenvalue weighted by Crippen LogP contribution is 2.13. The van der Waals surface area contributed by atoms with Crippen molar-refractivity contribution < 1.29 is 4.74 Å². The summed E-state index contributed by atoms with van der Waals surface area (Å²) in [7, 11) is 3.37. The monoisotopic (exact) mass is 404 g/mol. The van der Waals surface area contributed by atoms with E-state index in [1.54, 1.807) is 14.2 Å². The maximum absolute atomic E-state index is 5.23. The number of rotatable bonds is 4. The fraction of sp³-hybridized carbons (Fsp3) is 0.615. The molecule has 0 bridgehead atoms. The van der Waals surface area contributed by atoms with E-state index in [9.17, 15) is 0 Å². The molecule has 1 aliphatic rings. The van der Waals surface area contributed by atoms with Gasteiger partial charge in [0.25, 0.3) is 0 Å². The second kappa shape index (κ2) is 8.84. The maximum Gasteiger partial charge on any atom is 0.192 e. The number of guanidine groups is 1. The average molecular weight is 404 g/mol. The molecule has 2 heterocycles.